The van der Waals surface area contributed by atoms with Gasteiger partial charge >= 0.3 is 0 Å². The lowest BCUT2D eigenvalue weighted by atomic mass is 9.95. The average Bonchev–Trinajstić information content (AvgIpc) is 2.55. The highest BCUT2D eigenvalue weighted by Gasteiger charge is 2.24. The fraction of sp³-hybridized carbons (Fsp3) is 0.529. The first-order valence-electron chi connectivity index (χ1n) is 8.54. The van der Waals surface area contributed by atoms with Gasteiger partial charge in [-0.2, -0.15) is 8.42 Å². The Hall–Kier alpha value is -1.89. The first-order valence-corrected chi connectivity index (χ1v) is 9.98. The van der Waals surface area contributed by atoms with Gasteiger partial charge in [-0.1, -0.05) is 31.4 Å². The van der Waals surface area contributed by atoms with E-state index in [0.717, 1.165) is 12.8 Å². The number of hydrogen-bond acceptors (Lipinski definition) is 4. The third-order valence-corrected chi connectivity index (χ3v) is 5.83. The topological polar surface area (TPSA) is 87.6 Å². The van der Waals surface area contributed by atoms with Gasteiger partial charge in [0, 0.05) is 18.9 Å². The zero-order valence-corrected chi connectivity index (χ0v) is 14.4. The SMILES string of the molecule is O=C(CCCC1=NS(=O)(=O)c2ccccc2N1)NC1CCCCC1. The summed E-state index contributed by atoms with van der Waals surface area (Å²) in [6.45, 7) is 0. The summed E-state index contributed by atoms with van der Waals surface area (Å²) in [5, 5.41) is 6.12. The molecule has 0 spiro atoms. The highest BCUT2D eigenvalue weighted by atomic mass is 32.2. The Balaban J connectivity index is 1.50. The minimum Gasteiger partial charge on any atom is -0.353 e. The van der Waals surface area contributed by atoms with Gasteiger partial charge < -0.3 is 10.6 Å². The van der Waals surface area contributed by atoms with Crippen molar-refractivity contribution in [1.29, 1.82) is 0 Å². The Morgan fingerprint density at radius 2 is 1.96 bits per heavy atom. The van der Waals surface area contributed by atoms with Crippen LogP contribution in [0.3, 0.4) is 0 Å². The molecule has 0 atom stereocenters. The van der Waals surface area contributed by atoms with Crippen LogP contribution in [-0.2, 0) is 14.8 Å². The van der Waals surface area contributed by atoms with E-state index in [1.54, 1.807) is 18.2 Å². The van der Waals surface area contributed by atoms with Crippen molar-refractivity contribution in [1.82, 2.24) is 5.32 Å². The van der Waals surface area contributed by atoms with Crippen LogP contribution in [0.15, 0.2) is 33.6 Å². The molecule has 1 aliphatic heterocycles. The van der Waals surface area contributed by atoms with Gasteiger partial charge in [0.25, 0.3) is 10.0 Å². The smallest absolute Gasteiger partial charge is 0.286 e. The Labute approximate surface area is 142 Å². The van der Waals surface area contributed by atoms with Gasteiger partial charge in [0.05, 0.1) is 5.69 Å². The summed E-state index contributed by atoms with van der Waals surface area (Å²) in [6.07, 6.45) is 7.15. The number of sulfonamides is 1. The largest absolute Gasteiger partial charge is 0.353 e. The van der Waals surface area contributed by atoms with Gasteiger partial charge in [0.1, 0.15) is 10.7 Å². The molecular formula is C17H23N3O3S. The molecule has 6 nitrogen and oxygen atoms in total. The molecule has 1 aliphatic carbocycles. The quantitative estimate of drug-likeness (QED) is 0.855. The Morgan fingerprint density at radius 3 is 2.75 bits per heavy atom. The maximum Gasteiger partial charge on any atom is 0.286 e. The number of nitrogens with zero attached hydrogens (tertiary/aromatic N) is 1. The molecule has 0 aromatic heterocycles. The van der Waals surface area contributed by atoms with Crippen molar-refractivity contribution in [2.75, 3.05) is 5.32 Å². The number of para-hydroxylation sites is 1. The predicted octanol–water partition coefficient (Wildman–Crippen LogP) is 2.82. The second kappa shape index (κ2) is 7.34. The maximum absolute atomic E-state index is 12.1. The first-order chi connectivity index (χ1) is 11.5. The van der Waals surface area contributed by atoms with E-state index in [1.807, 2.05) is 0 Å². The number of carbonyl (C=O) groups excluding carboxylic acids is 1. The molecule has 1 aromatic carbocycles. The number of hydrogen-bond donors (Lipinski definition) is 2. The summed E-state index contributed by atoms with van der Waals surface area (Å²) < 4.78 is 28.1. The van der Waals surface area contributed by atoms with Crippen LogP contribution in [0, 0.1) is 0 Å². The summed E-state index contributed by atoms with van der Waals surface area (Å²) in [7, 11) is -3.64. The molecule has 0 bridgehead atoms. The minimum absolute atomic E-state index is 0.0431. The van der Waals surface area contributed by atoms with Crippen LogP contribution in [0.5, 0.6) is 0 Å². The third-order valence-electron chi connectivity index (χ3n) is 4.46. The van der Waals surface area contributed by atoms with Gasteiger partial charge in [0.15, 0.2) is 0 Å². The monoisotopic (exact) mass is 349 g/mol. The molecule has 1 amide bonds. The van der Waals surface area contributed by atoms with E-state index in [1.165, 1.54) is 25.3 Å². The summed E-state index contributed by atoms with van der Waals surface area (Å²) in [5.41, 5.74) is 0.550. The number of rotatable bonds is 5. The lowest BCUT2D eigenvalue weighted by molar-refractivity contribution is -0.122. The highest BCUT2D eigenvalue weighted by molar-refractivity contribution is 7.90. The van der Waals surface area contributed by atoms with Crippen molar-refractivity contribution in [2.45, 2.75) is 62.3 Å². The number of amides is 1. The second-order valence-corrected chi connectivity index (χ2v) is 7.96. The standard InChI is InChI=1S/C17H23N3O3S/c21-17(18-13-7-2-1-3-8-13)12-6-11-16-19-14-9-4-5-10-15(14)24(22,23)20-16/h4-5,9-10,13H,1-3,6-8,11-12H2,(H,18,21)(H,19,20). The van der Waals surface area contributed by atoms with Gasteiger partial charge in [-0.3, -0.25) is 4.79 Å². The normalized spacial score (nSPS) is 19.8. The number of anilines is 1. The van der Waals surface area contributed by atoms with E-state index >= 15 is 0 Å². The lowest BCUT2D eigenvalue weighted by Gasteiger charge is -2.22. The van der Waals surface area contributed by atoms with E-state index in [4.69, 9.17) is 0 Å². The molecule has 2 aliphatic rings. The van der Waals surface area contributed by atoms with Crippen molar-refractivity contribution < 1.29 is 13.2 Å². The predicted molar refractivity (Wildman–Crippen MR) is 93.6 cm³/mol. The van der Waals surface area contributed by atoms with Crippen molar-refractivity contribution in [3.63, 3.8) is 0 Å². The zero-order chi connectivity index (χ0) is 17.0. The van der Waals surface area contributed by atoms with Crippen LogP contribution in [0.2, 0.25) is 0 Å². The Morgan fingerprint density at radius 1 is 1.21 bits per heavy atom. The fourth-order valence-electron chi connectivity index (χ4n) is 3.24. The Kier molecular flexibility index (Phi) is 5.18. The van der Waals surface area contributed by atoms with Crippen LogP contribution in [-0.4, -0.2) is 26.2 Å². The highest BCUT2D eigenvalue weighted by Crippen LogP contribution is 2.27. The molecule has 0 radical (unpaired) electrons. The zero-order valence-electron chi connectivity index (χ0n) is 13.6. The molecule has 1 saturated carbocycles. The van der Waals surface area contributed by atoms with Crippen LogP contribution in [0.1, 0.15) is 51.4 Å². The van der Waals surface area contributed by atoms with Crippen LogP contribution in [0.25, 0.3) is 0 Å². The molecule has 24 heavy (non-hydrogen) atoms. The van der Waals surface area contributed by atoms with E-state index in [0.29, 0.717) is 36.8 Å². The fourth-order valence-corrected chi connectivity index (χ4v) is 4.41. The summed E-state index contributed by atoms with van der Waals surface area (Å²) in [5.74, 6) is 0.445. The average molecular weight is 349 g/mol. The minimum atomic E-state index is -3.64. The van der Waals surface area contributed by atoms with Crippen molar-refractivity contribution in [3.05, 3.63) is 24.3 Å². The van der Waals surface area contributed by atoms with Crippen molar-refractivity contribution in [3.8, 4) is 0 Å². The van der Waals surface area contributed by atoms with E-state index in [9.17, 15) is 13.2 Å². The molecule has 1 fully saturated rings. The van der Waals surface area contributed by atoms with Gasteiger partial charge in [-0.15, -0.1) is 4.40 Å². The molecule has 2 N–H and O–H groups in total. The van der Waals surface area contributed by atoms with Gasteiger partial charge in [0.2, 0.25) is 5.91 Å². The number of fused-ring (bicyclic) bond motifs is 1. The van der Waals surface area contributed by atoms with Crippen LogP contribution < -0.4 is 10.6 Å². The summed E-state index contributed by atoms with van der Waals surface area (Å²) in [6, 6.07) is 7.02. The lowest BCUT2D eigenvalue weighted by Crippen LogP contribution is -2.36. The Bertz CT molecular complexity index is 737. The molecule has 130 valence electrons. The van der Waals surface area contributed by atoms with Crippen molar-refractivity contribution in [2.24, 2.45) is 4.40 Å². The molecule has 0 saturated heterocycles. The molecule has 0 unspecified atom stereocenters. The number of benzene rings is 1. The van der Waals surface area contributed by atoms with Crippen molar-refractivity contribution >= 4 is 27.5 Å². The number of nitrogens with one attached hydrogen (secondary N) is 2. The maximum atomic E-state index is 12.1. The van der Waals surface area contributed by atoms with Crippen LogP contribution in [0.4, 0.5) is 5.69 Å². The third kappa shape index (κ3) is 4.14. The molecule has 3 rings (SSSR count). The summed E-state index contributed by atoms with van der Waals surface area (Å²) >= 11 is 0. The molecule has 1 heterocycles. The number of amidine groups is 1. The number of carbonyl (C=O) groups is 1. The van der Waals surface area contributed by atoms with E-state index in [2.05, 4.69) is 15.0 Å². The van der Waals surface area contributed by atoms with Gasteiger partial charge in [-0.25, -0.2) is 0 Å². The first kappa shape index (κ1) is 17.0. The molecule has 7 heteroatoms. The van der Waals surface area contributed by atoms with Crippen LogP contribution >= 0.6 is 0 Å². The second-order valence-electron chi connectivity index (χ2n) is 6.39. The molecular weight excluding hydrogens is 326 g/mol. The van der Waals surface area contributed by atoms with E-state index < -0.39 is 10.0 Å². The molecule has 1 aromatic rings. The van der Waals surface area contributed by atoms with E-state index in [-0.39, 0.29) is 10.8 Å². The van der Waals surface area contributed by atoms with Gasteiger partial charge in [-0.05, 0) is 31.4 Å². The summed E-state index contributed by atoms with van der Waals surface area (Å²) in [4.78, 5) is 12.2.